The number of rotatable bonds is 2. The van der Waals surface area contributed by atoms with Crippen molar-refractivity contribution in [1.82, 2.24) is 4.57 Å². The van der Waals surface area contributed by atoms with Crippen molar-refractivity contribution < 1.29 is 9.53 Å². The molecule has 0 bridgehead atoms. The van der Waals surface area contributed by atoms with E-state index in [4.69, 9.17) is 0 Å². The van der Waals surface area contributed by atoms with Crippen molar-refractivity contribution >= 4 is 6.09 Å². The summed E-state index contributed by atoms with van der Waals surface area (Å²) in [5, 5.41) is 0. The van der Waals surface area contributed by atoms with Gasteiger partial charge in [0, 0.05) is 23.5 Å². The molecular formula is C11H15NO3. The minimum absolute atomic E-state index is 0.0659. The van der Waals surface area contributed by atoms with Crippen LogP contribution in [-0.4, -0.2) is 17.8 Å². The molecule has 0 radical (unpaired) electrons. The van der Waals surface area contributed by atoms with Crippen molar-refractivity contribution in [3.05, 3.63) is 33.7 Å². The van der Waals surface area contributed by atoms with E-state index >= 15 is 0 Å². The number of carbonyl (C=O) groups excluding carboxylic acids is 1. The maximum atomic E-state index is 11.5. The number of ether oxygens (including phenoxy) is 1. The molecule has 0 aliphatic heterocycles. The molecule has 0 unspecified atom stereocenters. The standard InChI is InChI=1S/C11H15NO3/c1-4-8-6-10(13)7-9(5-2)12(8)11(14)15-3/h6-7H,4-5H2,1-3H3. The van der Waals surface area contributed by atoms with Crippen LogP contribution in [0.25, 0.3) is 0 Å². The van der Waals surface area contributed by atoms with Crippen LogP contribution in [0.5, 0.6) is 0 Å². The van der Waals surface area contributed by atoms with Gasteiger partial charge in [-0.1, -0.05) is 13.8 Å². The molecule has 0 saturated heterocycles. The lowest BCUT2D eigenvalue weighted by molar-refractivity contribution is 0.171. The fourth-order valence-corrected chi connectivity index (χ4v) is 1.53. The number of carbonyl (C=O) groups is 1. The first-order valence-corrected chi connectivity index (χ1v) is 4.97. The van der Waals surface area contributed by atoms with Crippen LogP contribution >= 0.6 is 0 Å². The van der Waals surface area contributed by atoms with Gasteiger partial charge < -0.3 is 4.74 Å². The molecule has 0 atom stereocenters. The molecule has 0 N–H and O–H groups in total. The highest BCUT2D eigenvalue weighted by Crippen LogP contribution is 2.06. The number of aromatic nitrogens is 1. The van der Waals surface area contributed by atoms with E-state index in [0.29, 0.717) is 24.2 Å². The van der Waals surface area contributed by atoms with Crippen LogP contribution in [0.1, 0.15) is 25.2 Å². The molecule has 0 saturated carbocycles. The second-order valence-electron chi connectivity index (χ2n) is 3.19. The minimum Gasteiger partial charge on any atom is -0.452 e. The molecule has 0 spiro atoms. The third kappa shape index (κ3) is 2.26. The molecule has 4 heteroatoms. The van der Waals surface area contributed by atoms with Crippen molar-refractivity contribution in [3.8, 4) is 0 Å². The Balaban J connectivity index is 3.43. The average molecular weight is 209 g/mol. The lowest BCUT2D eigenvalue weighted by Gasteiger charge is -2.13. The molecule has 15 heavy (non-hydrogen) atoms. The molecule has 0 amide bonds. The Hall–Kier alpha value is -1.58. The number of aryl methyl sites for hydroxylation is 2. The highest BCUT2D eigenvalue weighted by molar-refractivity contribution is 5.72. The van der Waals surface area contributed by atoms with Crippen LogP contribution in [0.3, 0.4) is 0 Å². The molecule has 1 rings (SSSR count). The van der Waals surface area contributed by atoms with E-state index in [1.165, 1.54) is 23.8 Å². The molecule has 1 heterocycles. The van der Waals surface area contributed by atoms with Gasteiger partial charge >= 0.3 is 6.09 Å². The number of hydrogen-bond donors (Lipinski definition) is 0. The Labute approximate surface area is 88.5 Å². The third-order valence-electron chi connectivity index (χ3n) is 2.27. The van der Waals surface area contributed by atoms with Gasteiger partial charge in [0.2, 0.25) is 0 Å². The lowest BCUT2D eigenvalue weighted by Crippen LogP contribution is -2.23. The van der Waals surface area contributed by atoms with E-state index < -0.39 is 6.09 Å². The zero-order chi connectivity index (χ0) is 11.4. The molecule has 1 aromatic heterocycles. The fraction of sp³-hybridized carbons (Fsp3) is 0.455. The maximum Gasteiger partial charge on any atom is 0.418 e. The van der Waals surface area contributed by atoms with Gasteiger partial charge in [0.1, 0.15) is 0 Å². The largest absolute Gasteiger partial charge is 0.452 e. The summed E-state index contributed by atoms with van der Waals surface area (Å²) in [6, 6.07) is 2.94. The van der Waals surface area contributed by atoms with Crippen molar-refractivity contribution in [2.45, 2.75) is 26.7 Å². The van der Waals surface area contributed by atoms with E-state index in [-0.39, 0.29) is 5.43 Å². The van der Waals surface area contributed by atoms with E-state index in [2.05, 4.69) is 4.74 Å². The van der Waals surface area contributed by atoms with E-state index in [1.54, 1.807) is 0 Å². The monoisotopic (exact) mass is 209 g/mol. The Morgan fingerprint density at radius 2 is 1.73 bits per heavy atom. The van der Waals surface area contributed by atoms with Crippen molar-refractivity contribution in [3.63, 3.8) is 0 Å². The number of nitrogens with zero attached hydrogens (tertiary/aromatic N) is 1. The van der Waals surface area contributed by atoms with Gasteiger partial charge in [0.05, 0.1) is 7.11 Å². The van der Waals surface area contributed by atoms with Crippen molar-refractivity contribution in [2.75, 3.05) is 7.11 Å². The summed E-state index contributed by atoms with van der Waals surface area (Å²) in [5.41, 5.74) is 1.31. The molecule has 4 nitrogen and oxygen atoms in total. The summed E-state index contributed by atoms with van der Waals surface area (Å²) in [6.45, 7) is 3.79. The zero-order valence-electron chi connectivity index (χ0n) is 9.24. The van der Waals surface area contributed by atoms with Crippen LogP contribution in [0.2, 0.25) is 0 Å². The Bertz CT molecular complexity index is 392. The Morgan fingerprint density at radius 1 is 1.27 bits per heavy atom. The Kier molecular flexibility index (Phi) is 3.66. The zero-order valence-corrected chi connectivity index (χ0v) is 9.24. The molecule has 0 aromatic carbocycles. The SMILES string of the molecule is CCc1cc(=O)cc(CC)n1C(=O)OC. The topological polar surface area (TPSA) is 48.3 Å². The number of methoxy groups -OCH3 is 1. The number of hydrogen-bond acceptors (Lipinski definition) is 3. The molecular weight excluding hydrogens is 194 g/mol. The Morgan fingerprint density at radius 3 is 2.07 bits per heavy atom. The van der Waals surface area contributed by atoms with E-state index in [1.807, 2.05) is 13.8 Å². The predicted octanol–water partition coefficient (Wildman–Crippen LogP) is 1.59. The minimum atomic E-state index is -0.441. The quantitative estimate of drug-likeness (QED) is 0.743. The van der Waals surface area contributed by atoms with Crippen molar-refractivity contribution in [1.29, 1.82) is 0 Å². The first-order chi connectivity index (χ1) is 7.13. The summed E-state index contributed by atoms with van der Waals surface area (Å²) >= 11 is 0. The normalized spacial score (nSPS) is 10.1. The van der Waals surface area contributed by atoms with Gasteiger partial charge in [-0.25, -0.2) is 4.79 Å². The van der Waals surface area contributed by atoms with Crippen LogP contribution in [0.4, 0.5) is 4.79 Å². The summed E-state index contributed by atoms with van der Waals surface area (Å²) < 4.78 is 6.14. The first kappa shape index (κ1) is 11.5. The highest BCUT2D eigenvalue weighted by atomic mass is 16.5. The smallest absolute Gasteiger partial charge is 0.418 e. The second-order valence-corrected chi connectivity index (χ2v) is 3.19. The number of pyridine rings is 1. The highest BCUT2D eigenvalue weighted by Gasteiger charge is 2.12. The first-order valence-electron chi connectivity index (χ1n) is 4.97. The predicted molar refractivity (Wildman–Crippen MR) is 57.3 cm³/mol. The summed E-state index contributed by atoms with van der Waals surface area (Å²) in [7, 11) is 1.33. The summed E-state index contributed by atoms with van der Waals surface area (Å²) in [5.74, 6) is 0. The molecule has 0 aliphatic rings. The molecule has 82 valence electrons. The van der Waals surface area contributed by atoms with Gasteiger partial charge in [0.25, 0.3) is 0 Å². The van der Waals surface area contributed by atoms with E-state index in [0.717, 1.165) is 0 Å². The van der Waals surface area contributed by atoms with Gasteiger partial charge in [0.15, 0.2) is 5.43 Å². The van der Waals surface area contributed by atoms with E-state index in [9.17, 15) is 9.59 Å². The molecule has 1 aromatic rings. The van der Waals surface area contributed by atoms with Gasteiger partial charge in [-0.2, -0.15) is 0 Å². The summed E-state index contributed by atoms with van der Waals surface area (Å²) in [4.78, 5) is 22.8. The second kappa shape index (κ2) is 4.77. The molecule has 0 aliphatic carbocycles. The fourth-order valence-electron chi connectivity index (χ4n) is 1.53. The van der Waals surface area contributed by atoms with Gasteiger partial charge in [-0.3, -0.25) is 9.36 Å². The van der Waals surface area contributed by atoms with Crippen LogP contribution in [0, 0.1) is 0 Å². The maximum absolute atomic E-state index is 11.5. The molecule has 0 fully saturated rings. The summed E-state index contributed by atoms with van der Waals surface area (Å²) in [6.07, 6.45) is 0.805. The van der Waals surface area contributed by atoms with Gasteiger partial charge in [-0.05, 0) is 12.8 Å². The van der Waals surface area contributed by atoms with Crippen LogP contribution < -0.4 is 5.43 Å². The average Bonchev–Trinajstić information content (AvgIpc) is 2.26. The van der Waals surface area contributed by atoms with Crippen LogP contribution in [0.15, 0.2) is 16.9 Å². The van der Waals surface area contributed by atoms with Crippen molar-refractivity contribution in [2.24, 2.45) is 0 Å². The van der Waals surface area contributed by atoms with Gasteiger partial charge in [-0.15, -0.1) is 0 Å². The lowest BCUT2D eigenvalue weighted by atomic mass is 10.2. The third-order valence-corrected chi connectivity index (χ3v) is 2.27. The van der Waals surface area contributed by atoms with Crippen LogP contribution in [-0.2, 0) is 17.6 Å².